The van der Waals surface area contributed by atoms with Gasteiger partial charge in [0.1, 0.15) is 0 Å². The predicted molar refractivity (Wildman–Crippen MR) is 293 cm³/mol. The molecule has 376 valence electrons. The predicted octanol–water partition coefficient (Wildman–Crippen LogP) is 13.0. The molecule has 0 radical (unpaired) electrons. The summed E-state index contributed by atoms with van der Waals surface area (Å²) < 4.78 is 272. The van der Waals surface area contributed by atoms with E-state index in [9.17, 15) is 19.2 Å². The van der Waals surface area contributed by atoms with Crippen molar-refractivity contribution in [3.63, 3.8) is 0 Å². The first-order valence-corrected chi connectivity index (χ1v) is 23.3. The molecule has 72 heavy (non-hydrogen) atoms. The number of hydrogen-bond donors (Lipinski definition) is 4. The normalized spacial score (nSPS) is 41.0. The number of benzene rings is 4. The number of amides is 4. The molecule has 0 saturated heterocycles. The summed E-state index contributed by atoms with van der Waals surface area (Å²) in [5.41, 5.74) is 21.6. The monoisotopic (exact) mass is 1080 g/mol. The Balaban J connectivity index is 0.000000162. The number of halogens is 4. The number of allylic oxidation sites excluding steroid dienone is 4. The van der Waals surface area contributed by atoms with E-state index in [-0.39, 0.29) is 154 Å². The van der Waals surface area contributed by atoms with E-state index in [4.69, 9.17) is 115 Å². The van der Waals surface area contributed by atoms with E-state index in [1.807, 2.05) is 0 Å². The summed E-state index contributed by atoms with van der Waals surface area (Å²) in [6.45, 7) is 6.40. The number of carbonyl (C=O) groups is 4. The van der Waals surface area contributed by atoms with Crippen LogP contribution in [0.4, 0.5) is 0 Å². The Morgan fingerprint density at radius 3 is 1.31 bits per heavy atom. The van der Waals surface area contributed by atoms with E-state index in [2.05, 4.69) is 0 Å². The zero-order valence-electron chi connectivity index (χ0n) is 71.5. The highest BCUT2D eigenvalue weighted by atomic mass is 35.5. The zero-order valence-corrected chi connectivity index (χ0v) is 41.5. The maximum absolute atomic E-state index is 12.1. The van der Waals surface area contributed by atoms with Crippen LogP contribution in [0.2, 0.25) is 20.1 Å². The number of primary amides is 4. The van der Waals surface area contributed by atoms with Gasteiger partial charge in [0.15, 0.2) is 0 Å². The summed E-state index contributed by atoms with van der Waals surface area (Å²) in [5, 5.41) is 0.126. The first-order chi connectivity index (χ1) is 47.0. The average molecular weight is 1080 g/mol. The van der Waals surface area contributed by atoms with Crippen molar-refractivity contribution in [1.82, 2.24) is 0 Å². The van der Waals surface area contributed by atoms with Gasteiger partial charge in [-0.05, 0) is 271 Å². The number of rotatable bonds is 4. The van der Waals surface area contributed by atoms with Gasteiger partial charge in [0.2, 0.25) is 23.6 Å². The highest BCUT2D eigenvalue weighted by Gasteiger charge is 2.37. The SMILES string of the molecule is [2H]c1c(C)c(Cl)c([2H])c2c1CC1=C2C([2H])([2H])C([2H])([2H])C([2H])([2H])C1([2H])C(N)=O.[2H]c1c(C)c(Cl)cc2c1CC1=C2C([2H])([2H])C([2H])([2H])C([2H])([2H])C1([2H])C(N)=O.[2H]c1c(Cl)c(C)cc2c1C1=C(C2)C([2H])(C(N)=O)C([2H])([2H])C([2H])([2H])C1([2H])[2H].[2H]c1c(Cl)cc(C)c2c1C1=C(C2)C([2H])(C(N)=O)C([2H])([2H])C([2H])([2H])C1([2H])[2H]. The molecule has 8 N–H and O–H groups in total. The van der Waals surface area contributed by atoms with Crippen LogP contribution in [0.5, 0.6) is 0 Å². The van der Waals surface area contributed by atoms with Crippen LogP contribution in [0.25, 0.3) is 22.3 Å². The van der Waals surface area contributed by atoms with Gasteiger partial charge in [-0.15, -0.1) is 0 Å². The number of fused-ring (bicyclic) bond motifs is 8. The fourth-order valence-electron chi connectivity index (χ4n) is 9.07. The van der Waals surface area contributed by atoms with Crippen molar-refractivity contribution in [3.05, 3.63) is 158 Å². The summed E-state index contributed by atoms with van der Waals surface area (Å²) in [7, 11) is 0. The summed E-state index contributed by atoms with van der Waals surface area (Å²) in [5.74, 6) is -17.0. The van der Waals surface area contributed by atoms with Gasteiger partial charge >= 0.3 is 0 Å². The standard InChI is InChI=1S/4C15H16ClNO/c3*1-8-5-9-6-13-10(12(9)7-14(8)16)3-2-4-11(13)15(17)18;1-8-5-9(16)6-13-10-3-2-4-11(15(17)18)14(10)7-12(8)13/h3*5,7,11H,2-4,6H2,1H3,(H2,17,18);5-6,11H,2-4,7H2,1H3,(H2,17,18)/i2D2,3D2,4D2,5D,7D,11D;2D2,3D2,4D2,7D,11D;2D2,3D2,4D2,5D,11D;2D2,3D2,4D2,6D,11D. The molecule has 4 aromatic rings. The molecular weight excluding hydrogens is 982 g/mol. The molecule has 12 heteroatoms. The Hall–Kier alpha value is -5.12. The molecule has 0 heterocycles. The molecular formula is C60H64Cl4N4O4. The summed E-state index contributed by atoms with van der Waals surface area (Å²) in [6, 6.07) is 3.50. The fraction of sp³-hybridized carbons (Fsp3) is 0.400. The van der Waals surface area contributed by atoms with Crippen molar-refractivity contribution >= 4 is 92.3 Å². The lowest BCUT2D eigenvalue weighted by Gasteiger charge is -2.22. The number of hydrogen-bond acceptors (Lipinski definition) is 4. The van der Waals surface area contributed by atoms with E-state index in [0.29, 0.717) is 27.8 Å². The number of aryl methyl sites for hydroxylation is 2. The van der Waals surface area contributed by atoms with Gasteiger partial charge in [-0.1, -0.05) is 64.6 Å². The number of nitrogens with two attached hydrogens (primary N) is 4. The fourth-order valence-corrected chi connectivity index (χ4v) is 9.77. The zero-order chi connectivity index (χ0) is 81.0. The topological polar surface area (TPSA) is 172 Å². The highest BCUT2D eigenvalue weighted by molar-refractivity contribution is 6.32. The Morgan fingerprint density at radius 2 is 0.833 bits per heavy atom. The van der Waals surface area contributed by atoms with Crippen LogP contribution in [0.3, 0.4) is 0 Å². The molecule has 0 aliphatic heterocycles. The van der Waals surface area contributed by atoms with E-state index < -0.39 is 129 Å². The van der Waals surface area contributed by atoms with E-state index >= 15 is 0 Å². The third-order valence-electron chi connectivity index (χ3n) is 12.5. The van der Waals surface area contributed by atoms with E-state index in [1.165, 1.54) is 19.1 Å². The Bertz CT molecular complexity index is 4800. The average Bonchev–Trinajstić information content (AvgIpc) is 1.65. The lowest BCUT2D eigenvalue weighted by molar-refractivity contribution is -0.121. The quantitative estimate of drug-likeness (QED) is 0.159. The van der Waals surface area contributed by atoms with E-state index in [1.54, 1.807) is 26.8 Å². The lowest BCUT2D eigenvalue weighted by Crippen LogP contribution is -2.27. The molecule has 0 fully saturated rings. The third kappa shape index (κ3) is 9.98. The van der Waals surface area contributed by atoms with E-state index in [0.717, 1.165) is 0 Å². The van der Waals surface area contributed by atoms with Crippen LogP contribution in [0.1, 0.15) is 188 Å². The van der Waals surface area contributed by atoms with Crippen LogP contribution >= 0.6 is 46.4 Å². The smallest absolute Gasteiger partial charge is 0.224 e. The minimum absolute atomic E-state index is 0.00866. The third-order valence-corrected chi connectivity index (χ3v) is 13.9. The van der Waals surface area contributed by atoms with Crippen molar-refractivity contribution in [1.29, 1.82) is 0 Å². The summed E-state index contributed by atoms with van der Waals surface area (Å²) >= 11 is 24.4. The van der Waals surface area contributed by atoms with Crippen LogP contribution in [-0.2, 0) is 44.9 Å². The van der Waals surface area contributed by atoms with Gasteiger partial charge in [0.25, 0.3) is 0 Å². The first kappa shape index (κ1) is 24.9. The molecule has 0 saturated carbocycles. The Morgan fingerprint density at radius 1 is 0.458 bits per heavy atom. The minimum Gasteiger partial charge on any atom is -0.369 e. The van der Waals surface area contributed by atoms with Crippen molar-refractivity contribution < 1.29 is 64.4 Å². The van der Waals surface area contributed by atoms with Gasteiger partial charge in [-0.3, -0.25) is 19.2 Å². The van der Waals surface area contributed by atoms with Crippen LogP contribution in [0, 0.1) is 51.3 Å². The molecule has 4 amide bonds. The van der Waals surface area contributed by atoms with Gasteiger partial charge in [0.05, 0.1) is 30.4 Å². The van der Waals surface area contributed by atoms with Gasteiger partial charge in [-0.25, -0.2) is 0 Å². The number of carbonyl (C=O) groups excluding carboxylic acids is 4. The van der Waals surface area contributed by atoms with Gasteiger partial charge in [0, 0.05) is 58.5 Å². The van der Waals surface area contributed by atoms with Crippen LogP contribution in [0.15, 0.2) is 70.7 Å². The molecule has 0 aromatic heterocycles. The molecule has 4 atom stereocenters. The Kier molecular flexibility index (Phi) is 7.28. The highest BCUT2D eigenvalue weighted by Crippen LogP contribution is 2.49. The molecule has 8 nitrogen and oxygen atoms in total. The summed E-state index contributed by atoms with van der Waals surface area (Å²) in [6.07, 6.45) is -38.6. The molecule has 8 aliphatic rings. The molecule has 4 unspecified atom stereocenters. The second-order valence-electron chi connectivity index (χ2n) is 17.1. The molecule has 8 aliphatic carbocycles. The lowest BCUT2D eigenvalue weighted by atomic mass is 9.82. The van der Waals surface area contributed by atoms with Crippen molar-refractivity contribution in [2.24, 2.45) is 46.5 Å². The second kappa shape index (κ2) is 21.0. The molecule has 0 bridgehead atoms. The molecule has 4 aromatic carbocycles. The maximum atomic E-state index is 12.1. The minimum atomic E-state index is -3.32. The van der Waals surface area contributed by atoms with Crippen LogP contribution < -0.4 is 22.9 Å². The van der Waals surface area contributed by atoms with Crippen molar-refractivity contribution in [2.75, 3.05) is 0 Å². The first-order valence-electron chi connectivity index (χ1n) is 38.3. The second-order valence-corrected chi connectivity index (χ2v) is 18.6. The molecule has 0 spiro atoms. The summed E-state index contributed by atoms with van der Waals surface area (Å²) in [4.78, 5) is 48.5. The van der Waals surface area contributed by atoms with Crippen molar-refractivity contribution in [3.8, 4) is 0 Å². The van der Waals surface area contributed by atoms with Gasteiger partial charge in [-0.2, -0.15) is 0 Å². The van der Waals surface area contributed by atoms with Crippen LogP contribution in [-0.4, -0.2) is 23.6 Å². The Labute approximate surface area is 490 Å². The largest absolute Gasteiger partial charge is 0.369 e. The maximum Gasteiger partial charge on any atom is 0.224 e. The van der Waals surface area contributed by atoms with Crippen molar-refractivity contribution in [2.45, 2.75) is 130 Å². The van der Waals surface area contributed by atoms with Gasteiger partial charge < -0.3 is 22.9 Å². The molecule has 12 rings (SSSR count).